The van der Waals surface area contributed by atoms with E-state index < -0.39 is 4.92 Å². The van der Waals surface area contributed by atoms with E-state index in [4.69, 9.17) is 0 Å². The maximum absolute atomic E-state index is 12.7. The second-order valence-corrected chi connectivity index (χ2v) is 11.3. The van der Waals surface area contributed by atoms with Crippen LogP contribution in [0.2, 0.25) is 0 Å². The van der Waals surface area contributed by atoms with Gasteiger partial charge in [0.05, 0.1) is 20.9 Å². The molecular weight excluding hydrogens is 496 g/mol. The SMILES string of the molecule is CC(C)(C)c1ccc(C(=O)Nc2ccc3nc(SCC(=O)Nc4ccc([N+](=O)[O-])cc4)sc3c2)cc1. The van der Waals surface area contributed by atoms with E-state index >= 15 is 0 Å². The molecule has 10 heteroatoms. The molecule has 0 unspecified atom stereocenters. The quantitative estimate of drug-likeness (QED) is 0.164. The molecule has 0 spiro atoms. The summed E-state index contributed by atoms with van der Waals surface area (Å²) in [6, 6.07) is 18.8. The van der Waals surface area contributed by atoms with Gasteiger partial charge in [-0.2, -0.15) is 0 Å². The van der Waals surface area contributed by atoms with E-state index in [1.165, 1.54) is 47.4 Å². The molecule has 0 saturated heterocycles. The highest BCUT2D eigenvalue weighted by atomic mass is 32.2. The molecule has 4 aromatic rings. The maximum Gasteiger partial charge on any atom is 0.269 e. The van der Waals surface area contributed by atoms with Gasteiger partial charge in [-0.25, -0.2) is 4.98 Å². The van der Waals surface area contributed by atoms with Crippen molar-refractivity contribution in [3.63, 3.8) is 0 Å². The molecule has 0 atom stereocenters. The molecule has 0 aliphatic carbocycles. The van der Waals surface area contributed by atoms with E-state index in [2.05, 4.69) is 36.4 Å². The van der Waals surface area contributed by atoms with Crippen LogP contribution in [0.3, 0.4) is 0 Å². The number of nitro benzene ring substituents is 1. The van der Waals surface area contributed by atoms with Crippen LogP contribution >= 0.6 is 23.1 Å². The second-order valence-electron chi connectivity index (χ2n) is 9.08. The standard InChI is InChI=1S/C26H24N4O4S2/c1-26(2,3)17-6-4-16(5-7-17)24(32)28-19-10-13-21-22(14-19)36-25(29-21)35-15-23(31)27-18-8-11-20(12-9-18)30(33)34/h4-14H,15H2,1-3H3,(H,27,31)(H,28,32). The number of rotatable bonds is 7. The van der Waals surface area contributed by atoms with Gasteiger partial charge in [-0.05, 0) is 53.4 Å². The Hall–Kier alpha value is -3.76. The number of fused-ring (bicyclic) bond motifs is 1. The predicted molar refractivity (Wildman–Crippen MR) is 145 cm³/mol. The Morgan fingerprint density at radius 1 is 0.972 bits per heavy atom. The Bertz CT molecular complexity index is 1430. The average molecular weight is 521 g/mol. The summed E-state index contributed by atoms with van der Waals surface area (Å²) in [5, 5.41) is 16.4. The lowest BCUT2D eigenvalue weighted by Gasteiger charge is -2.19. The monoisotopic (exact) mass is 520 g/mol. The summed E-state index contributed by atoms with van der Waals surface area (Å²) >= 11 is 2.74. The van der Waals surface area contributed by atoms with Crippen molar-refractivity contribution in [1.82, 2.24) is 4.98 Å². The number of anilines is 2. The topological polar surface area (TPSA) is 114 Å². The van der Waals surface area contributed by atoms with Crippen LogP contribution in [0.25, 0.3) is 10.2 Å². The molecule has 3 aromatic carbocycles. The third kappa shape index (κ3) is 6.27. The number of thioether (sulfide) groups is 1. The first-order valence-electron chi connectivity index (χ1n) is 11.1. The van der Waals surface area contributed by atoms with Crippen LogP contribution in [0.5, 0.6) is 0 Å². The molecule has 0 fully saturated rings. The molecule has 1 heterocycles. The molecule has 184 valence electrons. The molecule has 0 bridgehead atoms. The van der Waals surface area contributed by atoms with E-state index in [9.17, 15) is 19.7 Å². The van der Waals surface area contributed by atoms with Crippen LogP contribution in [-0.4, -0.2) is 27.5 Å². The largest absolute Gasteiger partial charge is 0.325 e. The molecular formula is C26H24N4O4S2. The van der Waals surface area contributed by atoms with Gasteiger partial charge in [-0.3, -0.25) is 19.7 Å². The highest BCUT2D eigenvalue weighted by Crippen LogP contribution is 2.31. The number of carbonyl (C=O) groups excluding carboxylic acids is 2. The molecule has 1 aromatic heterocycles. The van der Waals surface area contributed by atoms with Crippen LogP contribution in [-0.2, 0) is 10.2 Å². The summed E-state index contributed by atoms with van der Waals surface area (Å²) in [6.07, 6.45) is 0. The number of hydrogen-bond acceptors (Lipinski definition) is 7. The Labute approximate surface area is 216 Å². The predicted octanol–water partition coefficient (Wildman–Crippen LogP) is 6.49. The number of carbonyl (C=O) groups is 2. The van der Waals surface area contributed by atoms with Crippen molar-refractivity contribution in [2.24, 2.45) is 0 Å². The van der Waals surface area contributed by atoms with E-state index in [0.29, 0.717) is 16.9 Å². The number of hydrogen-bond donors (Lipinski definition) is 2. The van der Waals surface area contributed by atoms with Gasteiger partial charge in [-0.1, -0.05) is 44.7 Å². The summed E-state index contributed by atoms with van der Waals surface area (Å²) in [5.74, 6) is -0.277. The van der Waals surface area contributed by atoms with Crippen LogP contribution in [0.1, 0.15) is 36.7 Å². The van der Waals surface area contributed by atoms with Crippen molar-refractivity contribution >= 4 is 62.2 Å². The first-order chi connectivity index (χ1) is 17.1. The van der Waals surface area contributed by atoms with Crippen LogP contribution in [0, 0.1) is 10.1 Å². The van der Waals surface area contributed by atoms with Gasteiger partial charge in [0, 0.05) is 29.1 Å². The summed E-state index contributed by atoms with van der Waals surface area (Å²) in [5.41, 5.74) is 3.68. The lowest BCUT2D eigenvalue weighted by molar-refractivity contribution is -0.384. The molecule has 0 saturated carbocycles. The van der Waals surface area contributed by atoms with Crippen molar-refractivity contribution in [3.05, 3.63) is 88.0 Å². The zero-order chi connectivity index (χ0) is 25.9. The third-order valence-corrected chi connectivity index (χ3v) is 7.49. The Morgan fingerprint density at radius 3 is 2.28 bits per heavy atom. The van der Waals surface area contributed by atoms with Gasteiger partial charge >= 0.3 is 0 Å². The highest BCUT2D eigenvalue weighted by Gasteiger charge is 2.15. The van der Waals surface area contributed by atoms with Gasteiger partial charge in [-0.15, -0.1) is 11.3 Å². The van der Waals surface area contributed by atoms with Crippen molar-refractivity contribution in [1.29, 1.82) is 0 Å². The van der Waals surface area contributed by atoms with Crippen LogP contribution in [0.4, 0.5) is 17.1 Å². The van der Waals surface area contributed by atoms with Crippen molar-refractivity contribution in [3.8, 4) is 0 Å². The van der Waals surface area contributed by atoms with Gasteiger partial charge in [0.25, 0.3) is 11.6 Å². The van der Waals surface area contributed by atoms with Gasteiger partial charge < -0.3 is 10.6 Å². The minimum absolute atomic E-state index is 0.0212. The third-order valence-electron chi connectivity index (χ3n) is 5.33. The highest BCUT2D eigenvalue weighted by molar-refractivity contribution is 8.01. The number of aromatic nitrogens is 1. The molecule has 8 nitrogen and oxygen atoms in total. The molecule has 0 aliphatic heterocycles. The fraction of sp³-hybridized carbons (Fsp3) is 0.192. The first-order valence-corrected chi connectivity index (χ1v) is 12.9. The van der Waals surface area contributed by atoms with E-state index in [-0.39, 0.29) is 28.7 Å². The summed E-state index contributed by atoms with van der Waals surface area (Å²) in [4.78, 5) is 39.8. The summed E-state index contributed by atoms with van der Waals surface area (Å²) < 4.78 is 1.62. The Morgan fingerprint density at radius 2 is 1.64 bits per heavy atom. The second kappa shape index (κ2) is 10.5. The molecule has 2 N–H and O–H groups in total. The average Bonchev–Trinajstić information content (AvgIpc) is 3.25. The zero-order valence-electron chi connectivity index (χ0n) is 19.9. The number of nitrogens with zero attached hydrogens (tertiary/aromatic N) is 2. The lowest BCUT2D eigenvalue weighted by atomic mass is 9.87. The first kappa shape index (κ1) is 25.3. The lowest BCUT2D eigenvalue weighted by Crippen LogP contribution is -2.14. The van der Waals surface area contributed by atoms with Crippen LogP contribution in [0.15, 0.2) is 71.1 Å². The Balaban J connectivity index is 1.35. The molecule has 4 rings (SSSR count). The fourth-order valence-corrected chi connectivity index (χ4v) is 5.27. The zero-order valence-corrected chi connectivity index (χ0v) is 21.5. The smallest absolute Gasteiger partial charge is 0.269 e. The minimum atomic E-state index is -0.490. The normalized spacial score (nSPS) is 11.3. The molecule has 0 radical (unpaired) electrons. The number of thiazole rings is 1. The number of amides is 2. The fourth-order valence-electron chi connectivity index (χ4n) is 3.36. The number of benzene rings is 3. The molecule has 2 amide bonds. The van der Waals surface area contributed by atoms with Crippen molar-refractivity contribution in [2.75, 3.05) is 16.4 Å². The Kier molecular flexibility index (Phi) is 7.37. The molecule has 36 heavy (non-hydrogen) atoms. The van der Waals surface area contributed by atoms with Gasteiger partial charge in [0.15, 0.2) is 4.34 Å². The van der Waals surface area contributed by atoms with E-state index in [1.54, 1.807) is 6.07 Å². The number of nitrogens with one attached hydrogen (secondary N) is 2. The number of non-ortho nitro benzene ring substituents is 1. The number of nitro groups is 1. The maximum atomic E-state index is 12.7. The van der Waals surface area contributed by atoms with Gasteiger partial charge in [0.2, 0.25) is 5.91 Å². The molecule has 0 aliphatic rings. The summed E-state index contributed by atoms with van der Waals surface area (Å²) in [6.45, 7) is 6.39. The minimum Gasteiger partial charge on any atom is -0.325 e. The van der Waals surface area contributed by atoms with Crippen LogP contribution < -0.4 is 10.6 Å². The van der Waals surface area contributed by atoms with Gasteiger partial charge in [0.1, 0.15) is 0 Å². The van der Waals surface area contributed by atoms with Crippen molar-refractivity contribution in [2.45, 2.75) is 30.5 Å². The van der Waals surface area contributed by atoms with E-state index in [0.717, 1.165) is 20.1 Å². The van der Waals surface area contributed by atoms with E-state index in [1.807, 2.05) is 36.4 Å². The van der Waals surface area contributed by atoms with Crippen molar-refractivity contribution < 1.29 is 14.5 Å². The summed E-state index contributed by atoms with van der Waals surface area (Å²) in [7, 11) is 0.